The van der Waals surface area contributed by atoms with Gasteiger partial charge in [0.15, 0.2) is 0 Å². The van der Waals surface area contributed by atoms with Gasteiger partial charge in [0, 0.05) is 0 Å². The Bertz CT molecular complexity index is 1530. The van der Waals surface area contributed by atoms with Crippen molar-refractivity contribution in [2.45, 2.75) is 129 Å². The van der Waals surface area contributed by atoms with E-state index in [1.165, 1.54) is 11.1 Å². The van der Waals surface area contributed by atoms with Gasteiger partial charge in [0.05, 0.1) is 0 Å². The predicted octanol–water partition coefficient (Wildman–Crippen LogP) is 12.6. The summed E-state index contributed by atoms with van der Waals surface area (Å²) in [5.74, 6) is 0.633. The predicted molar refractivity (Wildman–Crippen MR) is 202 cm³/mol. The zero-order chi connectivity index (χ0) is 33.0. The third kappa shape index (κ3) is 5.62. The molecule has 0 fully saturated rings. The van der Waals surface area contributed by atoms with E-state index in [0.29, 0.717) is 31.0 Å². The van der Waals surface area contributed by atoms with Crippen molar-refractivity contribution < 1.29 is 17.7 Å². The van der Waals surface area contributed by atoms with Crippen LogP contribution in [0.25, 0.3) is 12.2 Å². The number of hydrogen-bond donors (Lipinski definition) is 0. The molecule has 0 heterocycles. The van der Waals surface area contributed by atoms with Crippen molar-refractivity contribution in [2.75, 3.05) is 0 Å². The molecule has 0 radical (unpaired) electrons. The fraction of sp³-hybridized carbons (Fsp3) is 0.488. The number of rotatable bonds is 10. The second-order valence-electron chi connectivity index (χ2n) is 16.7. The van der Waals surface area contributed by atoms with Crippen molar-refractivity contribution >= 4 is 23.3 Å². The summed E-state index contributed by atoms with van der Waals surface area (Å²) in [4.78, 5) is 0. The van der Waals surface area contributed by atoms with Crippen LogP contribution in [0, 0.1) is 0 Å². The molecule has 2 aliphatic carbocycles. The molecular formula is C43H61HfSi. The number of hydrogen-bond acceptors (Lipinski definition) is 0. The van der Waals surface area contributed by atoms with Crippen LogP contribution < -0.4 is 5.19 Å². The van der Waals surface area contributed by atoms with Crippen LogP contribution in [0.1, 0.15) is 158 Å². The first-order chi connectivity index (χ1) is 21.1. The molecule has 3 aromatic rings. The zero-order valence-electron chi connectivity index (χ0n) is 30.8. The fourth-order valence-electron chi connectivity index (χ4n) is 9.51. The molecule has 3 aromatic carbocycles. The molecule has 3 unspecified atom stereocenters. The SMILES string of the molecule is CCC1=Cc2c(C(C)C)cc(C(C)C)cc2[CH]1[Hf]([CH3])([CH3])([CH]1C(CC)=Cc2c(C(C)C)cc(C(C)C)cc21)[SiH](C)c1ccccc1. The minimum absolute atomic E-state index is 0.519. The summed E-state index contributed by atoms with van der Waals surface area (Å²) < 4.78 is 7.11. The molecule has 0 nitrogen and oxygen atoms in total. The summed E-state index contributed by atoms with van der Waals surface area (Å²) in [7, 11) is 0. The summed E-state index contributed by atoms with van der Waals surface area (Å²) >= 11 is -4.16. The van der Waals surface area contributed by atoms with Crippen molar-refractivity contribution in [1.29, 1.82) is 0 Å². The third-order valence-corrected chi connectivity index (χ3v) is 73.0. The quantitative estimate of drug-likeness (QED) is 0.180. The van der Waals surface area contributed by atoms with Gasteiger partial charge in [0.2, 0.25) is 0 Å². The molecule has 2 heteroatoms. The van der Waals surface area contributed by atoms with E-state index < -0.39 is 23.7 Å². The number of fused-ring (bicyclic) bond motifs is 2. The van der Waals surface area contributed by atoms with Crippen LogP contribution in [0.3, 0.4) is 0 Å². The van der Waals surface area contributed by atoms with Crippen molar-refractivity contribution in [3.63, 3.8) is 0 Å². The minimum atomic E-state index is -4.16. The Morgan fingerprint density at radius 1 is 0.600 bits per heavy atom. The van der Waals surface area contributed by atoms with Crippen LogP contribution in [0.4, 0.5) is 0 Å². The van der Waals surface area contributed by atoms with Crippen LogP contribution in [0.5, 0.6) is 0 Å². The molecule has 241 valence electrons. The Balaban J connectivity index is 1.93. The van der Waals surface area contributed by atoms with E-state index in [9.17, 15) is 0 Å². The molecule has 0 amide bonds. The molecule has 2 aliphatic rings. The second-order valence-corrected chi connectivity index (χ2v) is 66.9. The van der Waals surface area contributed by atoms with Crippen LogP contribution in [0.15, 0.2) is 65.7 Å². The molecule has 3 atom stereocenters. The summed E-state index contributed by atoms with van der Waals surface area (Å²) in [6.45, 7) is 26.9. The third-order valence-electron chi connectivity index (χ3n) is 12.4. The normalized spacial score (nSPS) is 19.5. The molecule has 0 bridgehead atoms. The van der Waals surface area contributed by atoms with Crippen LogP contribution >= 0.6 is 0 Å². The Hall–Kier alpha value is -1.77. The Morgan fingerprint density at radius 2 is 1.00 bits per heavy atom. The van der Waals surface area contributed by atoms with E-state index >= 15 is 0 Å². The van der Waals surface area contributed by atoms with E-state index in [-0.39, 0.29) is 0 Å². The van der Waals surface area contributed by atoms with Crippen molar-refractivity contribution in [3.8, 4) is 0 Å². The van der Waals surface area contributed by atoms with E-state index in [1.807, 2.05) is 0 Å². The van der Waals surface area contributed by atoms with Gasteiger partial charge in [0.25, 0.3) is 0 Å². The van der Waals surface area contributed by atoms with Crippen LogP contribution in [-0.4, -0.2) is 5.98 Å². The second kappa shape index (κ2) is 12.7. The van der Waals surface area contributed by atoms with Gasteiger partial charge in [0.1, 0.15) is 0 Å². The maximum atomic E-state index is 2.97. The van der Waals surface area contributed by atoms with Crippen LogP contribution in [-0.2, 0) is 17.7 Å². The van der Waals surface area contributed by atoms with Gasteiger partial charge < -0.3 is 0 Å². The van der Waals surface area contributed by atoms with Crippen molar-refractivity contribution in [1.82, 2.24) is 0 Å². The van der Waals surface area contributed by atoms with Gasteiger partial charge in [-0.25, -0.2) is 0 Å². The first kappa shape index (κ1) is 34.6. The maximum absolute atomic E-state index is 4.16. The molecule has 0 saturated carbocycles. The first-order valence-corrected chi connectivity index (χ1v) is 38.0. The Labute approximate surface area is 278 Å². The van der Waals surface area contributed by atoms with Crippen molar-refractivity contribution in [3.05, 3.63) is 110 Å². The van der Waals surface area contributed by atoms with Gasteiger partial charge >= 0.3 is 280 Å². The molecule has 0 saturated heterocycles. The first-order valence-electron chi connectivity index (χ1n) is 18.2. The number of benzene rings is 3. The van der Waals surface area contributed by atoms with E-state index in [0.717, 1.165) is 12.8 Å². The average Bonchev–Trinajstić information content (AvgIpc) is 3.59. The Morgan fingerprint density at radius 3 is 1.33 bits per heavy atom. The monoisotopic (exact) mass is 785 g/mol. The van der Waals surface area contributed by atoms with E-state index in [2.05, 4.69) is 152 Å². The average molecular weight is 785 g/mol. The summed E-state index contributed by atoms with van der Waals surface area (Å²) in [6, 6.07) is 22.4. The van der Waals surface area contributed by atoms with Gasteiger partial charge in [-0.05, 0) is 0 Å². The molecule has 0 aromatic heterocycles. The molecule has 0 aliphatic heterocycles. The standard InChI is InChI=1S/2C17H23.C7H9Si.2CH3.Hf/c2*1-6-13-7-15-9-14(11(2)3)10-16(12(4)5)17(15)8-13;1-8-7-5-3-2-4-6-7;;;/h2*7-12H,6H2,1-5H3;2-6,8H,1H3;2*1H3;. The van der Waals surface area contributed by atoms with E-state index in [1.54, 1.807) is 49.7 Å². The molecule has 45 heavy (non-hydrogen) atoms. The molecular weight excluding hydrogens is 723 g/mol. The van der Waals surface area contributed by atoms with Crippen molar-refractivity contribution in [2.24, 2.45) is 0 Å². The molecule has 0 spiro atoms. The number of allylic oxidation sites excluding steroid dienone is 2. The van der Waals surface area contributed by atoms with Gasteiger partial charge in [-0.15, -0.1) is 0 Å². The van der Waals surface area contributed by atoms with Crippen LogP contribution in [0.2, 0.25) is 15.9 Å². The fourth-order valence-corrected chi connectivity index (χ4v) is 63.4. The van der Waals surface area contributed by atoms with Gasteiger partial charge in [-0.1, -0.05) is 0 Å². The molecule has 0 N–H and O–H groups in total. The van der Waals surface area contributed by atoms with E-state index in [4.69, 9.17) is 0 Å². The summed E-state index contributed by atoms with van der Waals surface area (Å²) in [6.07, 6.45) is 7.69. The van der Waals surface area contributed by atoms with Gasteiger partial charge in [-0.3, -0.25) is 0 Å². The summed E-state index contributed by atoms with van der Waals surface area (Å²) in [5, 5.41) is 1.68. The topological polar surface area (TPSA) is 0 Å². The Kier molecular flexibility index (Phi) is 9.74. The molecule has 5 rings (SSSR count). The summed E-state index contributed by atoms with van der Waals surface area (Å²) in [5.41, 5.74) is 16.2. The zero-order valence-corrected chi connectivity index (χ0v) is 35.6. The van der Waals surface area contributed by atoms with Gasteiger partial charge in [-0.2, -0.15) is 0 Å².